The molecule has 2 aromatic carbocycles. The Kier molecular flexibility index (Phi) is 7.61. The number of ether oxygens (including phenoxy) is 2. The van der Waals surface area contributed by atoms with Crippen molar-refractivity contribution in [2.24, 2.45) is 0 Å². The molecule has 2 aromatic rings. The lowest BCUT2D eigenvalue weighted by Crippen LogP contribution is -2.45. The van der Waals surface area contributed by atoms with E-state index in [0.29, 0.717) is 25.3 Å². The number of epoxide rings is 1. The molecule has 1 aliphatic heterocycles. The number of carboxylic acids is 1. The van der Waals surface area contributed by atoms with E-state index in [9.17, 15) is 19.5 Å². The van der Waals surface area contributed by atoms with Crippen molar-refractivity contribution in [3.63, 3.8) is 0 Å². The van der Waals surface area contributed by atoms with E-state index in [1.165, 1.54) is 0 Å². The highest BCUT2D eigenvalue weighted by atomic mass is 16.6. The van der Waals surface area contributed by atoms with Gasteiger partial charge >= 0.3 is 5.97 Å². The van der Waals surface area contributed by atoms with Gasteiger partial charge in [-0.3, -0.25) is 9.59 Å². The second kappa shape index (κ2) is 10.6. The SMILES string of the molecule is CCOc1ccc(C[C@H](NC(=O)[C@H]2O[C@@H]2C(=O)NCCc2ccccc2)C(=O)O)cc1. The topological polar surface area (TPSA) is 117 Å². The second-order valence-corrected chi connectivity index (χ2v) is 7.18. The number of amides is 2. The quantitative estimate of drug-likeness (QED) is 0.467. The van der Waals surface area contributed by atoms with Crippen molar-refractivity contribution in [1.82, 2.24) is 10.6 Å². The first kappa shape index (κ1) is 22.3. The average Bonchev–Trinajstić information content (AvgIpc) is 3.57. The third-order valence-electron chi connectivity index (χ3n) is 4.85. The van der Waals surface area contributed by atoms with Gasteiger partial charge in [0.05, 0.1) is 6.61 Å². The molecule has 8 nitrogen and oxygen atoms in total. The normalized spacial score (nSPS) is 18.0. The molecule has 0 unspecified atom stereocenters. The Morgan fingerprint density at radius 1 is 1.00 bits per heavy atom. The van der Waals surface area contributed by atoms with Gasteiger partial charge in [-0.2, -0.15) is 0 Å². The van der Waals surface area contributed by atoms with Gasteiger partial charge in [-0.05, 0) is 36.6 Å². The Bertz CT molecular complexity index is 900. The van der Waals surface area contributed by atoms with Crippen LogP contribution in [0.5, 0.6) is 5.75 Å². The van der Waals surface area contributed by atoms with E-state index >= 15 is 0 Å². The van der Waals surface area contributed by atoms with Crippen LogP contribution < -0.4 is 15.4 Å². The summed E-state index contributed by atoms with van der Waals surface area (Å²) in [5, 5.41) is 14.7. The van der Waals surface area contributed by atoms with E-state index in [-0.39, 0.29) is 12.3 Å². The van der Waals surface area contributed by atoms with Gasteiger partial charge in [0, 0.05) is 13.0 Å². The summed E-state index contributed by atoms with van der Waals surface area (Å²) in [6, 6.07) is 15.6. The Morgan fingerprint density at radius 2 is 1.68 bits per heavy atom. The molecular formula is C23H26N2O6. The molecular weight excluding hydrogens is 400 g/mol. The third kappa shape index (κ3) is 6.55. The van der Waals surface area contributed by atoms with Crippen LogP contribution in [0.3, 0.4) is 0 Å². The molecule has 1 aliphatic rings. The lowest BCUT2D eigenvalue weighted by atomic mass is 10.1. The van der Waals surface area contributed by atoms with E-state index < -0.39 is 30.1 Å². The summed E-state index contributed by atoms with van der Waals surface area (Å²) in [6.07, 6.45) is -1.09. The smallest absolute Gasteiger partial charge is 0.326 e. The minimum atomic E-state index is -1.16. The van der Waals surface area contributed by atoms with Gasteiger partial charge in [-0.1, -0.05) is 42.5 Å². The number of carbonyl (C=O) groups excluding carboxylic acids is 2. The molecule has 3 atom stereocenters. The first-order valence-corrected chi connectivity index (χ1v) is 10.2. The van der Waals surface area contributed by atoms with Crippen LogP contribution in [0.4, 0.5) is 0 Å². The standard InChI is InChI=1S/C23H26N2O6/c1-2-30-17-10-8-16(9-11-17)14-18(23(28)29)25-22(27)20-19(31-20)21(26)24-13-12-15-6-4-3-5-7-15/h3-11,18-20H,2,12-14H2,1H3,(H,24,26)(H,25,27)(H,28,29)/t18-,19-,20-/m0/s1. The maximum atomic E-state index is 12.4. The molecule has 0 saturated carbocycles. The number of carbonyl (C=O) groups is 3. The van der Waals surface area contributed by atoms with E-state index in [1.807, 2.05) is 37.3 Å². The summed E-state index contributed by atoms with van der Waals surface area (Å²) in [5.41, 5.74) is 1.83. The predicted octanol–water partition coefficient (Wildman–Crippen LogP) is 1.32. The zero-order valence-corrected chi connectivity index (χ0v) is 17.2. The van der Waals surface area contributed by atoms with Crippen molar-refractivity contribution in [3.05, 3.63) is 65.7 Å². The van der Waals surface area contributed by atoms with Crippen molar-refractivity contribution in [1.29, 1.82) is 0 Å². The van der Waals surface area contributed by atoms with Crippen LogP contribution in [0.25, 0.3) is 0 Å². The first-order valence-electron chi connectivity index (χ1n) is 10.2. The Labute approximate surface area is 180 Å². The molecule has 2 amide bonds. The van der Waals surface area contributed by atoms with Gasteiger partial charge in [0.25, 0.3) is 11.8 Å². The molecule has 1 heterocycles. The fourth-order valence-corrected chi connectivity index (χ4v) is 3.16. The first-order chi connectivity index (χ1) is 15.0. The minimum absolute atomic E-state index is 0.105. The maximum Gasteiger partial charge on any atom is 0.326 e. The number of benzene rings is 2. The summed E-state index contributed by atoms with van der Waals surface area (Å²) in [4.78, 5) is 36.1. The lowest BCUT2D eigenvalue weighted by molar-refractivity contribution is -0.141. The number of hydrogen-bond acceptors (Lipinski definition) is 5. The summed E-state index contributed by atoms with van der Waals surface area (Å²) < 4.78 is 10.5. The molecule has 0 spiro atoms. The Hall–Kier alpha value is -3.39. The predicted molar refractivity (Wildman–Crippen MR) is 113 cm³/mol. The van der Waals surface area contributed by atoms with Crippen molar-refractivity contribution >= 4 is 17.8 Å². The van der Waals surface area contributed by atoms with E-state index in [0.717, 1.165) is 11.1 Å². The summed E-state index contributed by atoms with van der Waals surface area (Å²) >= 11 is 0. The van der Waals surface area contributed by atoms with Gasteiger partial charge < -0.3 is 25.2 Å². The van der Waals surface area contributed by atoms with Crippen LogP contribution in [0.2, 0.25) is 0 Å². The highest BCUT2D eigenvalue weighted by Gasteiger charge is 2.50. The van der Waals surface area contributed by atoms with Crippen molar-refractivity contribution < 1.29 is 29.0 Å². The van der Waals surface area contributed by atoms with Gasteiger partial charge in [-0.25, -0.2) is 4.79 Å². The molecule has 1 fully saturated rings. The summed E-state index contributed by atoms with van der Waals surface area (Å²) in [7, 11) is 0. The molecule has 0 bridgehead atoms. The monoisotopic (exact) mass is 426 g/mol. The van der Waals surface area contributed by atoms with Gasteiger partial charge in [0.15, 0.2) is 12.2 Å². The molecule has 8 heteroatoms. The zero-order valence-electron chi connectivity index (χ0n) is 17.2. The molecule has 1 saturated heterocycles. The number of carboxylic acid groups (broad SMARTS) is 1. The Morgan fingerprint density at radius 3 is 2.32 bits per heavy atom. The lowest BCUT2D eigenvalue weighted by Gasteiger charge is -2.14. The van der Waals surface area contributed by atoms with Crippen molar-refractivity contribution in [2.75, 3.05) is 13.2 Å². The fourth-order valence-electron chi connectivity index (χ4n) is 3.16. The number of hydrogen-bond donors (Lipinski definition) is 3. The highest BCUT2D eigenvalue weighted by molar-refractivity contribution is 5.96. The number of nitrogens with one attached hydrogen (secondary N) is 2. The summed E-state index contributed by atoms with van der Waals surface area (Å²) in [6.45, 7) is 2.84. The summed E-state index contributed by atoms with van der Waals surface area (Å²) in [5.74, 6) is -1.46. The Balaban J connectivity index is 1.45. The van der Waals surface area contributed by atoms with Crippen LogP contribution in [-0.2, 0) is 32.0 Å². The van der Waals surface area contributed by atoms with Crippen LogP contribution in [0.15, 0.2) is 54.6 Å². The van der Waals surface area contributed by atoms with Gasteiger partial charge in [0.2, 0.25) is 0 Å². The second-order valence-electron chi connectivity index (χ2n) is 7.18. The van der Waals surface area contributed by atoms with Crippen molar-refractivity contribution in [2.45, 2.75) is 38.0 Å². The molecule has 3 N–H and O–H groups in total. The molecule has 31 heavy (non-hydrogen) atoms. The van der Waals surface area contributed by atoms with Crippen LogP contribution in [0.1, 0.15) is 18.1 Å². The highest BCUT2D eigenvalue weighted by Crippen LogP contribution is 2.23. The molecule has 164 valence electrons. The van der Waals surface area contributed by atoms with E-state index in [1.54, 1.807) is 24.3 Å². The van der Waals surface area contributed by atoms with Crippen LogP contribution in [-0.4, -0.2) is 54.3 Å². The average molecular weight is 426 g/mol. The van der Waals surface area contributed by atoms with E-state index in [2.05, 4.69) is 10.6 Å². The number of rotatable bonds is 11. The largest absolute Gasteiger partial charge is 0.494 e. The minimum Gasteiger partial charge on any atom is -0.494 e. The molecule has 0 aromatic heterocycles. The van der Waals surface area contributed by atoms with Gasteiger partial charge in [0.1, 0.15) is 11.8 Å². The van der Waals surface area contributed by atoms with Crippen molar-refractivity contribution in [3.8, 4) is 5.75 Å². The molecule has 3 rings (SSSR count). The number of aliphatic carboxylic acids is 1. The third-order valence-corrected chi connectivity index (χ3v) is 4.85. The van der Waals surface area contributed by atoms with E-state index in [4.69, 9.17) is 9.47 Å². The zero-order chi connectivity index (χ0) is 22.2. The maximum absolute atomic E-state index is 12.4. The molecule has 0 aliphatic carbocycles. The van der Waals surface area contributed by atoms with Gasteiger partial charge in [-0.15, -0.1) is 0 Å². The fraction of sp³-hybridized carbons (Fsp3) is 0.348. The molecule has 0 radical (unpaired) electrons. The van der Waals surface area contributed by atoms with Crippen LogP contribution >= 0.6 is 0 Å². The van der Waals surface area contributed by atoms with Crippen LogP contribution in [0, 0.1) is 0 Å².